The molecule has 5 rings (SSSR count). The molecule has 0 radical (unpaired) electrons. The summed E-state index contributed by atoms with van der Waals surface area (Å²) in [5.41, 5.74) is 5.87. The van der Waals surface area contributed by atoms with Gasteiger partial charge >= 0.3 is 0 Å². The third-order valence-electron chi connectivity index (χ3n) is 6.28. The molecule has 7 heteroatoms. The standard InChI is InChI=1S/C24H24BrN5O/c25-20-12-16(14-26)4-6-22(20)30-10-8-29(9-11-30)15-17-3-5-18-21(13-17)28-24(31)19-2-1-7-27-23(18)19/h3-6,12-13,27H,1-2,7-11,15H2,(H,28,31). The number of benzene rings is 2. The molecule has 0 atom stereocenters. The fourth-order valence-electron chi connectivity index (χ4n) is 4.64. The minimum Gasteiger partial charge on any atom is -0.384 e. The van der Waals surface area contributed by atoms with Crippen LogP contribution in [-0.2, 0) is 13.0 Å². The fraction of sp³-hybridized carbons (Fsp3) is 0.333. The van der Waals surface area contributed by atoms with E-state index in [-0.39, 0.29) is 5.56 Å². The van der Waals surface area contributed by atoms with Gasteiger partial charge in [0.1, 0.15) is 0 Å². The average Bonchev–Trinajstić information content (AvgIpc) is 2.80. The lowest BCUT2D eigenvalue weighted by molar-refractivity contribution is 0.250. The molecule has 31 heavy (non-hydrogen) atoms. The molecular weight excluding hydrogens is 454 g/mol. The van der Waals surface area contributed by atoms with Gasteiger partial charge in [-0.3, -0.25) is 9.69 Å². The lowest BCUT2D eigenvalue weighted by Crippen LogP contribution is -2.46. The number of fused-ring (bicyclic) bond motifs is 3. The lowest BCUT2D eigenvalue weighted by Gasteiger charge is -2.36. The minimum atomic E-state index is 0.0356. The van der Waals surface area contributed by atoms with Crippen molar-refractivity contribution in [2.24, 2.45) is 0 Å². The zero-order valence-corrected chi connectivity index (χ0v) is 18.8. The number of aromatic nitrogens is 1. The van der Waals surface area contributed by atoms with Gasteiger partial charge in [-0.05, 0) is 58.6 Å². The fourth-order valence-corrected chi connectivity index (χ4v) is 5.27. The summed E-state index contributed by atoms with van der Waals surface area (Å²) in [6.45, 7) is 5.59. The van der Waals surface area contributed by atoms with Crippen LogP contribution in [0.2, 0.25) is 0 Å². The predicted octanol–water partition coefficient (Wildman–Crippen LogP) is 3.84. The predicted molar refractivity (Wildman–Crippen MR) is 128 cm³/mol. The number of halogens is 1. The number of anilines is 2. The Balaban J connectivity index is 1.29. The highest BCUT2D eigenvalue weighted by atomic mass is 79.9. The van der Waals surface area contributed by atoms with E-state index in [1.54, 1.807) is 0 Å². The molecule has 6 nitrogen and oxygen atoms in total. The van der Waals surface area contributed by atoms with Gasteiger partial charge in [0.15, 0.2) is 0 Å². The van der Waals surface area contributed by atoms with Crippen LogP contribution in [0.5, 0.6) is 0 Å². The zero-order valence-electron chi connectivity index (χ0n) is 17.2. The van der Waals surface area contributed by atoms with Crippen molar-refractivity contribution >= 4 is 38.2 Å². The maximum atomic E-state index is 12.5. The zero-order chi connectivity index (χ0) is 21.4. The van der Waals surface area contributed by atoms with Crippen LogP contribution in [0, 0.1) is 11.3 Å². The Labute approximate surface area is 189 Å². The van der Waals surface area contributed by atoms with Gasteiger partial charge in [-0.15, -0.1) is 0 Å². The molecule has 2 aromatic carbocycles. The smallest absolute Gasteiger partial charge is 0.253 e. The molecular formula is C24H24BrN5O. The number of nitriles is 1. The molecule has 0 amide bonds. The van der Waals surface area contributed by atoms with Crippen molar-refractivity contribution < 1.29 is 0 Å². The Bertz CT molecular complexity index is 1240. The second-order valence-electron chi connectivity index (χ2n) is 8.26. The average molecular weight is 478 g/mol. The molecule has 1 aromatic heterocycles. The van der Waals surface area contributed by atoms with Crippen LogP contribution >= 0.6 is 15.9 Å². The third kappa shape index (κ3) is 3.93. The summed E-state index contributed by atoms with van der Waals surface area (Å²) in [6.07, 6.45) is 1.85. The van der Waals surface area contributed by atoms with Crippen molar-refractivity contribution in [3.05, 3.63) is 67.9 Å². The minimum absolute atomic E-state index is 0.0356. The molecule has 1 saturated heterocycles. The summed E-state index contributed by atoms with van der Waals surface area (Å²) in [4.78, 5) is 20.4. The SMILES string of the molecule is N#Cc1ccc(N2CCN(Cc3ccc4c5c(c(=O)[nH]c4c3)CCCN5)CC2)c(Br)c1. The van der Waals surface area contributed by atoms with Crippen molar-refractivity contribution in [3.8, 4) is 6.07 Å². The topological polar surface area (TPSA) is 75.2 Å². The first kappa shape index (κ1) is 20.1. The van der Waals surface area contributed by atoms with Crippen LogP contribution in [-0.4, -0.2) is 42.6 Å². The second-order valence-corrected chi connectivity index (χ2v) is 9.11. The third-order valence-corrected chi connectivity index (χ3v) is 6.91. The molecule has 158 valence electrons. The van der Waals surface area contributed by atoms with E-state index in [0.717, 1.165) is 84.4 Å². The number of hydrogen-bond acceptors (Lipinski definition) is 5. The normalized spacial score (nSPS) is 16.6. The molecule has 0 spiro atoms. The number of H-pyrrole nitrogens is 1. The molecule has 2 aliphatic heterocycles. The van der Waals surface area contributed by atoms with Crippen LogP contribution in [0.1, 0.15) is 23.1 Å². The molecule has 1 fully saturated rings. The van der Waals surface area contributed by atoms with Gasteiger partial charge in [0.05, 0.1) is 28.5 Å². The number of rotatable bonds is 3. The number of aromatic amines is 1. The first-order valence-corrected chi connectivity index (χ1v) is 11.5. The van der Waals surface area contributed by atoms with E-state index in [1.807, 2.05) is 18.2 Å². The molecule has 0 bridgehead atoms. The second kappa shape index (κ2) is 8.37. The first-order chi connectivity index (χ1) is 15.1. The van der Waals surface area contributed by atoms with E-state index in [4.69, 9.17) is 5.26 Å². The van der Waals surface area contributed by atoms with Crippen LogP contribution in [0.4, 0.5) is 11.4 Å². The first-order valence-electron chi connectivity index (χ1n) is 10.7. The van der Waals surface area contributed by atoms with Crippen LogP contribution in [0.25, 0.3) is 10.9 Å². The van der Waals surface area contributed by atoms with Gasteiger partial charge < -0.3 is 15.2 Å². The lowest BCUT2D eigenvalue weighted by atomic mass is 10.0. The number of nitrogens with one attached hydrogen (secondary N) is 2. The number of pyridine rings is 1. The largest absolute Gasteiger partial charge is 0.384 e. The molecule has 2 N–H and O–H groups in total. The van der Waals surface area contributed by atoms with E-state index in [0.29, 0.717) is 5.56 Å². The summed E-state index contributed by atoms with van der Waals surface area (Å²) >= 11 is 3.61. The van der Waals surface area contributed by atoms with Crippen molar-refractivity contribution in [2.75, 3.05) is 42.9 Å². The molecule has 3 aromatic rings. The van der Waals surface area contributed by atoms with Crippen molar-refractivity contribution in [1.82, 2.24) is 9.88 Å². The summed E-state index contributed by atoms with van der Waals surface area (Å²) in [7, 11) is 0. The van der Waals surface area contributed by atoms with Gasteiger partial charge in [0, 0.05) is 54.7 Å². The Hall–Kier alpha value is -2.82. The maximum absolute atomic E-state index is 12.5. The molecule has 2 aliphatic rings. The Morgan fingerprint density at radius 3 is 2.71 bits per heavy atom. The van der Waals surface area contributed by atoms with Crippen molar-refractivity contribution in [1.29, 1.82) is 5.26 Å². The van der Waals surface area contributed by atoms with E-state index in [9.17, 15) is 4.79 Å². The van der Waals surface area contributed by atoms with Gasteiger partial charge in [-0.1, -0.05) is 12.1 Å². The van der Waals surface area contributed by atoms with Crippen molar-refractivity contribution in [3.63, 3.8) is 0 Å². The van der Waals surface area contributed by atoms with E-state index in [1.165, 1.54) is 5.56 Å². The number of nitrogens with zero attached hydrogens (tertiary/aromatic N) is 3. The van der Waals surface area contributed by atoms with Gasteiger partial charge in [-0.25, -0.2) is 0 Å². The van der Waals surface area contributed by atoms with Crippen LogP contribution < -0.4 is 15.8 Å². The van der Waals surface area contributed by atoms with E-state index >= 15 is 0 Å². The monoisotopic (exact) mass is 477 g/mol. The summed E-state index contributed by atoms with van der Waals surface area (Å²) in [5, 5.41) is 13.6. The maximum Gasteiger partial charge on any atom is 0.253 e. The molecule has 3 heterocycles. The van der Waals surface area contributed by atoms with Gasteiger partial charge in [-0.2, -0.15) is 5.26 Å². The Morgan fingerprint density at radius 1 is 1.10 bits per heavy atom. The highest BCUT2D eigenvalue weighted by Crippen LogP contribution is 2.30. The summed E-state index contributed by atoms with van der Waals surface area (Å²) in [6, 6.07) is 14.4. The molecule has 0 unspecified atom stereocenters. The Morgan fingerprint density at radius 2 is 1.94 bits per heavy atom. The van der Waals surface area contributed by atoms with Crippen molar-refractivity contribution in [2.45, 2.75) is 19.4 Å². The van der Waals surface area contributed by atoms with Crippen LogP contribution in [0.3, 0.4) is 0 Å². The number of hydrogen-bond donors (Lipinski definition) is 2. The summed E-state index contributed by atoms with van der Waals surface area (Å²) in [5.74, 6) is 0. The van der Waals surface area contributed by atoms with Crippen LogP contribution in [0.15, 0.2) is 45.7 Å². The van der Waals surface area contributed by atoms with E-state index < -0.39 is 0 Å². The summed E-state index contributed by atoms with van der Waals surface area (Å²) < 4.78 is 0.968. The van der Waals surface area contributed by atoms with Gasteiger partial charge in [0.2, 0.25) is 0 Å². The highest BCUT2D eigenvalue weighted by molar-refractivity contribution is 9.10. The highest BCUT2D eigenvalue weighted by Gasteiger charge is 2.20. The quantitative estimate of drug-likeness (QED) is 0.599. The Kier molecular flexibility index (Phi) is 5.43. The van der Waals surface area contributed by atoms with Gasteiger partial charge in [0.25, 0.3) is 5.56 Å². The molecule has 0 aliphatic carbocycles. The molecule has 0 saturated carbocycles. The van der Waals surface area contributed by atoms with E-state index in [2.05, 4.69) is 60.3 Å². The number of piperazine rings is 1.